The quantitative estimate of drug-likeness (QED) is 0.407. The molecule has 0 aliphatic rings. The molecule has 0 spiro atoms. The Balaban J connectivity index is 3.10. The topological polar surface area (TPSA) is 65.8 Å². The predicted molar refractivity (Wildman–Crippen MR) is 47.8 cm³/mol. The van der Waals surface area contributed by atoms with Crippen LogP contribution in [0.5, 0.6) is 0 Å². The summed E-state index contributed by atoms with van der Waals surface area (Å²) < 4.78 is 0.619. The van der Waals surface area contributed by atoms with Gasteiger partial charge in [0, 0.05) is 4.91 Å². The van der Waals surface area contributed by atoms with Crippen molar-refractivity contribution in [3.8, 4) is 0 Å². The van der Waals surface area contributed by atoms with Gasteiger partial charge in [-0.25, -0.2) is 0 Å². The lowest BCUT2D eigenvalue weighted by Gasteiger charge is -1.85. The lowest BCUT2D eigenvalue weighted by molar-refractivity contribution is 0.100. The van der Waals surface area contributed by atoms with Crippen molar-refractivity contribution in [1.29, 1.82) is 0 Å². The summed E-state index contributed by atoms with van der Waals surface area (Å²) in [6.07, 6.45) is 0. The van der Waals surface area contributed by atoms with E-state index < -0.39 is 5.91 Å². The van der Waals surface area contributed by atoms with Crippen molar-refractivity contribution in [2.24, 2.45) is 5.11 Å². The second-order valence-electron chi connectivity index (χ2n) is 1.73. The van der Waals surface area contributed by atoms with Crippen LogP contribution in [0.4, 0.5) is 0 Å². The van der Waals surface area contributed by atoms with Crippen LogP contribution in [0.15, 0.2) is 11.2 Å². The van der Waals surface area contributed by atoms with E-state index >= 15 is 0 Å². The predicted octanol–water partition coefficient (Wildman–Crippen LogP) is 3.51. The van der Waals surface area contributed by atoms with E-state index in [0.29, 0.717) is 4.34 Å². The van der Waals surface area contributed by atoms with E-state index in [1.54, 1.807) is 0 Å². The van der Waals surface area contributed by atoms with Crippen molar-refractivity contribution < 1.29 is 4.79 Å². The number of halogens is 2. The molecule has 1 heterocycles. The summed E-state index contributed by atoms with van der Waals surface area (Å²) in [6, 6.07) is 1.37. The molecule has 12 heavy (non-hydrogen) atoms. The molecule has 1 amide bonds. The van der Waals surface area contributed by atoms with Crippen LogP contribution in [0, 0.1) is 0 Å². The average molecular weight is 222 g/mol. The lowest BCUT2D eigenvalue weighted by Crippen LogP contribution is -1.89. The SMILES string of the molecule is [N-]=[N+]=NC(=O)c1cc(Cl)sc1Cl. The molecule has 7 heteroatoms. The van der Waals surface area contributed by atoms with E-state index in [1.807, 2.05) is 0 Å². The number of azide groups is 1. The first kappa shape index (κ1) is 9.35. The molecule has 1 aromatic heterocycles. The largest absolute Gasteiger partial charge is 0.287 e. The van der Waals surface area contributed by atoms with Gasteiger partial charge >= 0.3 is 0 Å². The van der Waals surface area contributed by atoms with Gasteiger partial charge in [0.05, 0.1) is 9.90 Å². The van der Waals surface area contributed by atoms with Crippen LogP contribution < -0.4 is 0 Å². The summed E-state index contributed by atoms with van der Waals surface area (Å²) in [5, 5.41) is 2.87. The van der Waals surface area contributed by atoms with E-state index in [4.69, 9.17) is 28.7 Å². The Morgan fingerprint density at radius 1 is 1.67 bits per heavy atom. The van der Waals surface area contributed by atoms with Gasteiger partial charge in [0.15, 0.2) is 0 Å². The number of hydrogen-bond donors (Lipinski definition) is 0. The van der Waals surface area contributed by atoms with Crippen LogP contribution in [0.1, 0.15) is 10.4 Å². The van der Waals surface area contributed by atoms with Crippen molar-refractivity contribution in [2.45, 2.75) is 0 Å². The minimum Gasteiger partial charge on any atom is -0.287 e. The Bertz CT molecular complexity index is 369. The maximum absolute atomic E-state index is 10.9. The molecule has 0 atom stereocenters. The molecule has 4 nitrogen and oxygen atoms in total. The van der Waals surface area contributed by atoms with E-state index in [-0.39, 0.29) is 9.90 Å². The highest BCUT2D eigenvalue weighted by atomic mass is 35.5. The van der Waals surface area contributed by atoms with Crippen LogP contribution in [0.25, 0.3) is 10.4 Å². The van der Waals surface area contributed by atoms with Crippen molar-refractivity contribution in [3.05, 3.63) is 30.7 Å². The van der Waals surface area contributed by atoms with Crippen molar-refractivity contribution in [1.82, 2.24) is 0 Å². The molecule has 0 aromatic carbocycles. The molecule has 1 aromatic rings. The Hall–Kier alpha value is -0.740. The van der Waals surface area contributed by atoms with Crippen molar-refractivity contribution >= 4 is 40.4 Å². The van der Waals surface area contributed by atoms with Crippen LogP contribution in [-0.4, -0.2) is 5.91 Å². The first-order valence-corrected chi connectivity index (χ1v) is 4.26. The summed E-state index contributed by atoms with van der Waals surface area (Å²) in [5.41, 5.74) is 8.10. The number of carbonyl (C=O) groups excluding carboxylic acids is 1. The van der Waals surface area contributed by atoms with Gasteiger partial charge in [-0.1, -0.05) is 23.2 Å². The second-order valence-corrected chi connectivity index (χ2v) is 4.02. The van der Waals surface area contributed by atoms with E-state index in [0.717, 1.165) is 11.3 Å². The molecule has 0 N–H and O–H groups in total. The molecule has 0 aliphatic heterocycles. The second kappa shape index (κ2) is 3.78. The summed E-state index contributed by atoms with van der Waals surface area (Å²) in [7, 11) is 0. The molecule has 0 saturated carbocycles. The van der Waals surface area contributed by atoms with Gasteiger partial charge in [0.2, 0.25) is 0 Å². The maximum atomic E-state index is 10.9. The molecule has 62 valence electrons. The first-order valence-electron chi connectivity index (χ1n) is 2.69. The molecule has 0 fully saturated rings. The summed E-state index contributed by atoms with van der Waals surface area (Å²) >= 11 is 12.2. The third-order valence-corrected chi connectivity index (χ3v) is 2.51. The Kier molecular flexibility index (Phi) is 2.94. The minimum atomic E-state index is -0.717. The van der Waals surface area contributed by atoms with E-state index in [1.165, 1.54) is 6.07 Å². The van der Waals surface area contributed by atoms with Gasteiger partial charge in [-0.2, -0.15) is 0 Å². The van der Waals surface area contributed by atoms with Crippen LogP contribution in [0.2, 0.25) is 8.67 Å². The highest BCUT2D eigenvalue weighted by Gasteiger charge is 2.11. The highest BCUT2D eigenvalue weighted by molar-refractivity contribution is 7.20. The Morgan fingerprint density at radius 3 is 2.75 bits per heavy atom. The molecular weight excluding hydrogens is 221 g/mol. The zero-order chi connectivity index (χ0) is 9.14. The van der Waals surface area contributed by atoms with Crippen LogP contribution in [-0.2, 0) is 0 Å². The summed E-state index contributed by atoms with van der Waals surface area (Å²) in [5.74, 6) is -0.717. The average Bonchev–Trinajstić information content (AvgIpc) is 2.30. The fourth-order valence-corrected chi connectivity index (χ4v) is 2.03. The zero-order valence-corrected chi connectivity index (χ0v) is 7.82. The van der Waals surface area contributed by atoms with Gasteiger partial charge in [-0.3, -0.25) is 4.79 Å². The summed E-state index contributed by atoms with van der Waals surface area (Å²) in [6.45, 7) is 0. The standard InChI is InChI=1S/C5HCl2N3OS/c6-3-1-2(4(7)12-3)5(11)9-10-8/h1H. The van der Waals surface area contributed by atoms with Gasteiger partial charge in [-0.15, -0.1) is 11.3 Å². The van der Waals surface area contributed by atoms with Crippen LogP contribution in [0.3, 0.4) is 0 Å². The Labute approximate surface area is 81.3 Å². The smallest absolute Gasteiger partial charge is 0.251 e. The molecule has 0 radical (unpaired) electrons. The monoisotopic (exact) mass is 221 g/mol. The van der Waals surface area contributed by atoms with Gasteiger partial charge in [-0.05, 0) is 16.7 Å². The Morgan fingerprint density at radius 2 is 2.33 bits per heavy atom. The number of amides is 1. The maximum Gasteiger partial charge on any atom is 0.251 e. The molecule has 0 saturated heterocycles. The number of thiophene rings is 1. The molecule has 1 rings (SSSR count). The van der Waals surface area contributed by atoms with Crippen LogP contribution >= 0.6 is 34.5 Å². The third-order valence-electron chi connectivity index (χ3n) is 1.02. The number of nitrogens with zero attached hydrogens (tertiary/aromatic N) is 3. The first-order chi connectivity index (χ1) is 5.65. The lowest BCUT2D eigenvalue weighted by atomic mass is 10.3. The van der Waals surface area contributed by atoms with Gasteiger partial charge in [0.1, 0.15) is 4.34 Å². The van der Waals surface area contributed by atoms with Crippen molar-refractivity contribution in [2.75, 3.05) is 0 Å². The highest BCUT2D eigenvalue weighted by Crippen LogP contribution is 2.31. The fourth-order valence-electron chi connectivity index (χ4n) is 0.581. The summed E-state index contributed by atoms with van der Waals surface area (Å²) in [4.78, 5) is 13.3. The van der Waals surface area contributed by atoms with Crippen molar-refractivity contribution in [3.63, 3.8) is 0 Å². The normalized spacial score (nSPS) is 9.17. The molecule has 0 aliphatic carbocycles. The number of hydrogen-bond acceptors (Lipinski definition) is 2. The zero-order valence-electron chi connectivity index (χ0n) is 5.49. The molecule has 0 bridgehead atoms. The van der Waals surface area contributed by atoms with Gasteiger partial charge < -0.3 is 0 Å². The van der Waals surface area contributed by atoms with E-state index in [2.05, 4.69) is 10.0 Å². The number of rotatable bonds is 1. The van der Waals surface area contributed by atoms with E-state index in [9.17, 15) is 4.79 Å². The van der Waals surface area contributed by atoms with Gasteiger partial charge in [0.25, 0.3) is 5.91 Å². The fraction of sp³-hybridized carbons (Fsp3) is 0. The minimum absolute atomic E-state index is 0.143. The molecule has 0 unspecified atom stereocenters. The number of carbonyl (C=O) groups is 1. The molecular formula is C5HCl2N3OS. The third kappa shape index (κ3) is 1.89.